The van der Waals surface area contributed by atoms with E-state index < -0.39 is 0 Å². The van der Waals surface area contributed by atoms with E-state index in [0.29, 0.717) is 19.8 Å². The molecule has 1 atom stereocenters. The van der Waals surface area contributed by atoms with Crippen molar-refractivity contribution < 1.29 is 19.3 Å². The van der Waals surface area contributed by atoms with Crippen LogP contribution in [0.1, 0.15) is 25.7 Å². The molecule has 4 nitrogen and oxygen atoms in total. The van der Waals surface area contributed by atoms with Gasteiger partial charge in [-0.05, 0) is 31.8 Å². The van der Waals surface area contributed by atoms with E-state index >= 15 is 0 Å². The maximum Gasteiger partial charge on any atom is 0.157 e. The topological polar surface area (TPSA) is 47.9 Å². The quantitative estimate of drug-likeness (QED) is 0.522. The van der Waals surface area contributed by atoms with Crippen LogP contribution in [0.5, 0.6) is 0 Å². The van der Waals surface area contributed by atoms with Gasteiger partial charge in [0.25, 0.3) is 0 Å². The maximum atomic E-state index is 8.36. The summed E-state index contributed by atoms with van der Waals surface area (Å²) in [4.78, 5) is 0. The van der Waals surface area contributed by atoms with Gasteiger partial charge in [0, 0.05) is 6.61 Å². The first-order chi connectivity index (χ1) is 7.43. The summed E-state index contributed by atoms with van der Waals surface area (Å²) in [7, 11) is 0. The third-order valence-corrected chi connectivity index (χ3v) is 2.20. The molecular formula is C11H20O4. The van der Waals surface area contributed by atoms with E-state index in [9.17, 15) is 0 Å². The second-order valence-electron chi connectivity index (χ2n) is 3.45. The van der Waals surface area contributed by atoms with Crippen LogP contribution in [0.3, 0.4) is 0 Å². The van der Waals surface area contributed by atoms with Gasteiger partial charge in [-0.3, -0.25) is 0 Å². The fourth-order valence-electron chi connectivity index (χ4n) is 1.41. The molecule has 4 heteroatoms. The van der Waals surface area contributed by atoms with Crippen LogP contribution in [0, 0.1) is 0 Å². The molecule has 0 aromatic heterocycles. The lowest BCUT2D eigenvalue weighted by Gasteiger charge is -2.22. The zero-order valence-corrected chi connectivity index (χ0v) is 9.06. The summed E-state index contributed by atoms with van der Waals surface area (Å²) >= 11 is 0. The Morgan fingerprint density at radius 1 is 1.27 bits per heavy atom. The van der Waals surface area contributed by atoms with Crippen molar-refractivity contribution in [2.45, 2.75) is 32.0 Å². The molecule has 1 saturated heterocycles. The first kappa shape index (κ1) is 12.5. The minimum absolute atomic E-state index is 0.0281. The van der Waals surface area contributed by atoms with Gasteiger partial charge >= 0.3 is 0 Å². The van der Waals surface area contributed by atoms with E-state index in [1.807, 2.05) is 0 Å². The highest BCUT2D eigenvalue weighted by atomic mass is 16.7. The average Bonchev–Trinajstić information content (AvgIpc) is 2.29. The minimum atomic E-state index is -0.0281. The number of aliphatic hydroxyl groups is 1. The second-order valence-corrected chi connectivity index (χ2v) is 3.45. The fourth-order valence-corrected chi connectivity index (χ4v) is 1.41. The first-order valence-corrected chi connectivity index (χ1v) is 5.53. The van der Waals surface area contributed by atoms with Crippen molar-refractivity contribution >= 4 is 0 Å². The molecule has 1 N–H and O–H groups in total. The Bertz CT molecular complexity index is 164. The van der Waals surface area contributed by atoms with Gasteiger partial charge in [0.2, 0.25) is 0 Å². The molecule has 0 amide bonds. The van der Waals surface area contributed by atoms with E-state index in [4.69, 9.17) is 19.3 Å². The van der Waals surface area contributed by atoms with Gasteiger partial charge in [-0.2, -0.15) is 0 Å². The maximum absolute atomic E-state index is 8.36. The molecule has 1 heterocycles. The largest absolute Gasteiger partial charge is 0.516 e. The number of ether oxygens (including phenoxy) is 3. The number of rotatable bonds is 7. The Balaban J connectivity index is 1.83. The summed E-state index contributed by atoms with van der Waals surface area (Å²) in [6.07, 6.45) is 6.72. The Kier molecular flexibility index (Phi) is 7.25. The SMILES string of the molecule is OC=CCCOCCOC1CCCCO1. The zero-order valence-electron chi connectivity index (χ0n) is 9.06. The van der Waals surface area contributed by atoms with E-state index in [-0.39, 0.29) is 6.29 Å². The molecule has 1 fully saturated rings. The van der Waals surface area contributed by atoms with E-state index in [1.165, 1.54) is 6.42 Å². The van der Waals surface area contributed by atoms with Gasteiger partial charge in [-0.25, -0.2) is 0 Å². The van der Waals surface area contributed by atoms with Crippen LogP contribution in [-0.4, -0.2) is 37.8 Å². The van der Waals surface area contributed by atoms with E-state index in [0.717, 1.165) is 32.1 Å². The van der Waals surface area contributed by atoms with E-state index in [2.05, 4.69) is 0 Å². The normalized spacial score (nSPS) is 22.3. The van der Waals surface area contributed by atoms with Gasteiger partial charge in [-0.1, -0.05) is 0 Å². The van der Waals surface area contributed by atoms with Crippen molar-refractivity contribution in [3.8, 4) is 0 Å². The molecule has 0 aromatic carbocycles. The van der Waals surface area contributed by atoms with E-state index in [1.54, 1.807) is 6.08 Å². The van der Waals surface area contributed by atoms with Crippen molar-refractivity contribution in [1.29, 1.82) is 0 Å². The summed E-state index contributed by atoms with van der Waals surface area (Å²) in [5, 5.41) is 8.36. The number of aliphatic hydroxyl groups excluding tert-OH is 1. The van der Waals surface area contributed by atoms with Crippen LogP contribution in [-0.2, 0) is 14.2 Å². The first-order valence-electron chi connectivity index (χ1n) is 5.53. The third-order valence-electron chi connectivity index (χ3n) is 2.20. The van der Waals surface area contributed by atoms with Crippen LogP contribution < -0.4 is 0 Å². The minimum Gasteiger partial charge on any atom is -0.516 e. The molecule has 1 unspecified atom stereocenters. The van der Waals surface area contributed by atoms with Gasteiger partial charge in [-0.15, -0.1) is 0 Å². The van der Waals surface area contributed by atoms with Crippen LogP contribution in [0.25, 0.3) is 0 Å². The van der Waals surface area contributed by atoms with Crippen molar-refractivity contribution in [2.75, 3.05) is 26.4 Å². The van der Waals surface area contributed by atoms with Gasteiger partial charge in [0.1, 0.15) is 0 Å². The van der Waals surface area contributed by atoms with Crippen molar-refractivity contribution in [3.05, 3.63) is 12.3 Å². The predicted octanol–water partition coefficient (Wildman–Crippen LogP) is 2.01. The lowest BCUT2D eigenvalue weighted by molar-refractivity contribution is -0.168. The summed E-state index contributed by atoms with van der Waals surface area (Å²) in [5.41, 5.74) is 0. The van der Waals surface area contributed by atoms with Crippen LogP contribution in [0.4, 0.5) is 0 Å². The summed E-state index contributed by atoms with van der Waals surface area (Å²) in [6, 6.07) is 0. The summed E-state index contributed by atoms with van der Waals surface area (Å²) in [6.45, 7) is 2.59. The standard InChI is InChI=1S/C11H20O4/c12-6-2-4-7-13-9-10-15-11-5-1-3-8-14-11/h2,6,11-12H,1,3-5,7-10H2. The molecule has 0 bridgehead atoms. The highest BCUT2D eigenvalue weighted by molar-refractivity contribution is 4.70. The van der Waals surface area contributed by atoms with Crippen molar-refractivity contribution in [2.24, 2.45) is 0 Å². The Hall–Kier alpha value is -0.580. The number of hydrogen-bond acceptors (Lipinski definition) is 4. The highest BCUT2D eigenvalue weighted by Gasteiger charge is 2.13. The molecule has 0 aromatic rings. The molecule has 0 radical (unpaired) electrons. The lowest BCUT2D eigenvalue weighted by atomic mass is 10.2. The molecule has 1 rings (SSSR count). The molecule has 15 heavy (non-hydrogen) atoms. The monoisotopic (exact) mass is 216 g/mol. The smallest absolute Gasteiger partial charge is 0.157 e. The summed E-state index contributed by atoms with van der Waals surface area (Å²) in [5.74, 6) is 0. The van der Waals surface area contributed by atoms with Crippen molar-refractivity contribution in [1.82, 2.24) is 0 Å². The molecule has 0 saturated carbocycles. The molecule has 88 valence electrons. The second kappa shape index (κ2) is 8.71. The van der Waals surface area contributed by atoms with Crippen LogP contribution in [0.15, 0.2) is 12.3 Å². The molecule has 0 spiro atoms. The third kappa shape index (κ3) is 6.49. The Morgan fingerprint density at radius 2 is 2.20 bits per heavy atom. The van der Waals surface area contributed by atoms with Gasteiger partial charge < -0.3 is 19.3 Å². The predicted molar refractivity (Wildman–Crippen MR) is 56.7 cm³/mol. The Morgan fingerprint density at radius 3 is 2.93 bits per heavy atom. The molecular weight excluding hydrogens is 196 g/mol. The number of hydrogen-bond donors (Lipinski definition) is 1. The molecule has 0 aliphatic carbocycles. The van der Waals surface area contributed by atoms with Crippen LogP contribution >= 0.6 is 0 Å². The average molecular weight is 216 g/mol. The zero-order chi connectivity index (χ0) is 10.8. The fraction of sp³-hybridized carbons (Fsp3) is 0.818. The molecule has 1 aliphatic rings. The summed E-state index contributed by atoms with van der Waals surface area (Å²) < 4.78 is 16.2. The lowest BCUT2D eigenvalue weighted by Crippen LogP contribution is -2.23. The highest BCUT2D eigenvalue weighted by Crippen LogP contribution is 2.13. The Labute approximate surface area is 90.8 Å². The molecule has 1 aliphatic heterocycles. The van der Waals surface area contributed by atoms with Gasteiger partial charge in [0.15, 0.2) is 6.29 Å². The van der Waals surface area contributed by atoms with Crippen molar-refractivity contribution in [3.63, 3.8) is 0 Å². The van der Waals surface area contributed by atoms with Gasteiger partial charge in [0.05, 0.1) is 26.1 Å². The van der Waals surface area contributed by atoms with Crippen LogP contribution in [0.2, 0.25) is 0 Å².